The number of nitrogens with zero attached hydrogens (tertiary/aromatic N) is 2. The van der Waals surface area contributed by atoms with Crippen LogP contribution in [-0.2, 0) is 21.7 Å². The Kier molecular flexibility index (Phi) is 6.80. The first-order chi connectivity index (χ1) is 17.9. The van der Waals surface area contributed by atoms with Gasteiger partial charge in [0.2, 0.25) is 5.75 Å². The highest BCUT2D eigenvalue weighted by atomic mass is 32.2. The van der Waals surface area contributed by atoms with Gasteiger partial charge in [0.25, 0.3) is 5.79 Å². The minimum Gasteiger partial charge on any atom is -0.493 e. The molecular formula is C27H24N2O6S2. The fourth-order valence-corrected chi connectivity index (χ4v) is 5.39. The molecule has 0 saturated carbocycles. The van der Waals surface area contributed by atoms with E-state index >= 15 is 0 Å². The van der Waals surface area contributed by atoms with Crippen LogP contribution in [0.15, 0.2) is 65.1 Å². The number of benzene rings is 3. The Balaban J connectivity index is 1.70. The minimum absolute atomic E-state index is 0.173. The van der Waals surface area contributed by atoms with E-state index in [1.807, 2.05) is 18.4 Å². The van der Waals surface area contributed by atoms with Crippen LogP contribution in [0.1, 0.15) is 16.7 Å². The van der Waals surface area contributed by atoms with Crippen molar-refractivity contribution in [2.24, 2.45) is 0 Å². The van der Waals surface area contributed by atoms with E-state index in [1.165, 1.54) is 21.3 Å². The van der Waals surface area contributed by atoms with Gasteiger partial charge in [-0.25, -0.2) is 4.79 Å². The highest BCUT2D eigenvalue weighted by Crippen LogP contribution is 2.46. The molecule has 4 aromatic rings. The highest BCUT2D eigenvalue weighted by Gasteiger charge is 2.48. The second-order valence-electron chi connectivity index (χ2n) is 8.29. The number of hydrogen-bond donors (Lipinski definition) is 1. The van der Waals surface area contributed by atoms with E-state index in [0.717, 1.165) is 27.7 Å². The Morgan fingerprint density at radius 1 is 0.946 bits per heavy atom. The molecule has 1 aromatic heterocycles. The van der Waals surface area contributed by atoms with Gasteiger partial charge in [-0.1, -0.05) is 18.2 Å². The summed E-state index contributed by atoms with van der Waals surface area (Å²) in [7, 11) is 4.61. The topological polar surface area (TPSA) is 100 Å². The van der Waals surface area contributed by atoms with Gasteiger partial charge < -0.3 is 24.1 Å². The van der Waals surface area contributed by atoms with Gasteiger partial charge in [-0.3, -0.25) is 0 Å². The highest BCUT2D eigenvalue weighted by molar-refractivity contribution is 7.98. The Morgan fingerprint density at radius 2 is 1.62 bits per heavy atom. The van der Waals surface area contributed by atoms with Crippen LogP contribution in [0.2, 0.25) is 0 Å². The van der Waals surface area contributed by atoms with Gasteiger partial charge in [-0.2, -0.15) is 8.75 Å². The number of fused-ring (bicyclic) bond motifs is 1. The van der Waals surface area contributed by atoms with Crippen molar-refractivity contribution in [1.29, 1.82) is 0 Å². The first-order valence-electron chi connectivity index (χ1n) is 11.3. The standard InChI is InChI=1S/C27H24N2O6S2/c1-32-22-12-15(13-23(33-2)25(22)34-3)11-19-24(16-5-10-20-21(14-16)29-37-28-20)26(30)35-27(19,31)17-6-8-18(36-4)9-7-17/h5-10,12-14,31H,11H2,1-4H3. The number of aliphatic hydroxyl groups is 1. The Bertz CT molecular complexity index is 1490. The zero-order chi connectivity index (χ0) is 26.2. The van der Waals surface area contributed by atoms with Gasteiger partial charge in [0.05, 0.1) is 38.6 Å². The SMILES string of the molecule is COc1cc(CC2=C(c3ccc4nsnc4c3)C(=O)OC2(O)c2ccc(SC)cc2)cc(OC)c1OC. The van der Waals surface area contributed by atoms with E-state index in [0.29, 0.717) is 39.5 Å². The number of carbonyl (C=O) groups is 1. The first kappa shape index (κ1) is 25.1. The molecule has 0 spiro atoms. The van der Waals surface area contributed by atoms with E-state index in [2.05, 4.69) is 8.75 Å². The number of methoxy groups -OCH3 is 3. The summed E-state index contributed by atoms with van der Waals surface area (Å²) < 4.78 is 30.8. The maximum Gasteiger partial charge on any atom is 0.342 e. The van der Waals surface area contributed by atoms with Crippen molar-refractivity contribution in [2.45, 2.75) is 17.1 Å². The summed E-state index contributed by atoms with van der Waals surface area (Å²) in [6.45, 7) is 0. The van der Waals surface area contributed by atoms with Gasteiger partial charge in [0.15, 0.2) is 11.5 Å². The van der Waals surface area contributed by atoms with Gasteiger partial charge >= 0.3 is 5.97 Å². The lowest BCUT2D eigenvalue weighted by atomic mass is 9.88. The molecule has 0 bridgehead atoms. The summed E-state index contributed by atoms with van der Waals surface area (Å²) in [5.74, 6) is -1.22. The van der Waals surface area contributed by atoms with E-state index in [9.17, 15) is 9.90 Å². The zero-order valence-electron chi connectivity index (χ0n) is 20.6. The molecule has 0 radical (unpaired) electrons. The van der Waals surface area contributed by atoms with Crippen LogP contribution in [0, 0.1) is 0 Å². The van der Waals surface area contributed by atoms with E-state index < -0.39 is 11.8 Å². The predicted molar refractivity (Wildman–Crippen MR) is 142 cm³/mol. The summed E-state index contributed by atoms with van der Waals surface area (Å²) in [4.78, 5) is 14.4. The molecule has 0 amide bonds. The second-order valence-corrected chi connectivity index (χ2v) is 9.70. The average Bonchev–Trinajstić information content (AvgIpc) is 3.49. The van der Waals surface area contributed by atoms with Gasteiger partial charge in [-0.15, -0.1) is 11.8 Å². The normalized spacial score (nSPS) is 17.3. The lowest BCUT2D eigenvalue weighted by Gasteiger charge is -2.26. The summed E-state index contributed by atoms with van der Waals surface area (Å²) >= 11 is 2.68. The molecule has 37 heavy (non-hydrogen) atoms. The molecule has 1 aliphatic heterocycles. The third kappa shape index (κ3) is 4.41. The van der Waals surface area contributed by atoms with Crippen LogP contribution in [-0.4, -0.2) is 47.4 Å². The molecule has 3 aromatic carbocycles. The Hall–Kier alpha value is -3.60. The van der Waals surface area contributed by atoms with Crippen LogP contribution in [0.25, 0.3) is 16.6 Å². The summed E-state index contributed by atoms with van der Waals surface area (Å²) in [6.07, 6.45) is 2.14. The molecule has 5 rings (SSSR count). The smallest absolute Gasteiger partial charge is 0.342 e. The fourth-order valence-electron chi connectivity index (χ4n) is 4.47. The number of thioether (sulfide) groups is 1. The third-order valence-corrected chi connectivity index (χ3v) is 7.58. The van der Waals surface area contributed by atoms with Crippen molar-refractivity contribution in [3.8, 4) is 17.2 Å². The molecule has 8 nitrogen and oxygen atoms in total. The van der Waals surface area contributed by atoms with Crippen LogP contribution >= 0.6 is 23.5 Å². The summed E-state index contributed by atoms with van der Waals surface area (Å²) in [6, 6.07) is 16.3. The van der Waals surface area contributed by atoms with Crippen molar-refractivity contribution in [3.63, 3.8) is 0 Å². The average molecular weight is 537 g/mol. The number of rotatable bonds is 8. The number of carbonyl (C=O) groups excluding carboxylic acids is 1. The Labute approximate surface area is 222 Å². The maximum atomic E-state index is 13.4. The van der Waals surface area contributed by atoms with Crippen molar-refractivity contribution in [1.82, 2.24) is 8.75 Å². The summed E-state index contributed by atoms with van der Waals surface area (Å²) in [5, 5.41) is 12.0. The molecule has 0 saturated heterocycles. The molecule has 0 fully saturated rings. The van der Waals surface area contributed by atoms with E-state index in [1.54, 1.807) is 54.2 Å². The quantitative estimate of drug-likeness (QED) is 0.250. The van der Waals surface area contributed by atoms with Crippen LogP contribution in [0.5, 0.6) is 17.2 Å². The lowest BCUT2D eigenvalue weighted by molar-refractivity contribution is -0.185. The number of hydrogen-bond acceptors (Lipinski definition) is 10. The molecule has 10 heteroatoms. The number of ether oxygens (including phenoxy) is 4. The van der Waals surface area contributed by atoms with Gasteiger partial charge in [-0.05, 0) is 53.8 Å². The third-order valence-electron chi connectivity index (χ3n) is 6.28. The molecule has 1 unspecified atom stereocenters. The monoisotopic (exact) mass is 536 g/mol. The van der Waals surface area contributed by atoms with Gasteiger partial charge in [0.1, 0.15) is 11.0 Å². The maximum absolute atomic E-state index is 13.4. The van der Waals surface area contributed by atoms with Crippen molar-refractivity contribution >= 4 is 46.1 Å². The van der Waals surface area contributed by atoms with E-state index in [4.69, 9.17) is 18.9 Å². The summed E-state index contributed by atoms with van der Waals surface area (Å²) in [5.41, 5.74) is 3.84. The molecule has 1 aliphatic rings. The minimum atomic E-state index is -1.97. The first-order valence-corrected chi connectivity index (χ1v) is 13.2. The van der Waals surface area contributed by atoms with E-state index in [-0.39, 0.29) is 12.0 Å². The molecule has 0 aliphatic carbocycles. The second kappa shape index (κ2) is 10.0. The number of esters is 1. The van der Waals surface area contributed by atoms with Crippen LogP contribution in [0.3, 0.4) is 0 Å². The molecule has 2 heterocycles. The largest absolute Gasteiger partial charge is 0.493 e. The Morgan fingerprint density at radius 3 is 2.24 bits per heavy atom. The lowest BCUT2D eigenvalue weighted by Crippen LogP contribution is -2.29. The predicted octanol–water partition coefficient (Wildman–Crippen LogP) is 4.84. The van der Waals surface area contributed by atoms with Crippen molar-refractivity contribution in [3.05, 3.63) is 76.9 Å². The van der Waals surface area contributed by atoms with Crippen molar-refractivity contribution < 1.29 is 28.8 Å². The zero-order valence-corrected chi connectivity index (χ0v) is 22.2. The molecular weight excluding hydrogens is 512 g/mol. The van der Waals surface area contributed by atoms with Crippen LogP contribution in [0.4, 0.5) is 0 Å². The molecule has 190 valence electrons. The number of cyclic esters (lactones) is 1. The fraction of sp³-hybridized carbons (Fsp3) is 0.222. The van der Waals surface area contributed by atoms with Crippen molar-refractivity contribution in [2.75, 3.05) is 27.6 Å². The van der Waals surface area contributed by atoms with Gasteiger partial charge in [0, 0.05) is 22.5 Å². The van der Waals surface area contributed by atoms with Crippen LogP contribution < -0.4 is 14.2 Å². The molecule has 1 atom stereocenters. The molecule has 1 N–H and O–H groups in total. The number of aromatic nitrogens is 2.